The molecule has 1 saturated heterocycles. The van der Waals surface area contributed by atoms with Crippen LogP contribution >= 0.6 is 0 Å². The normalized spacial score (nSPS) is 15.3. The summed E-state index contributed by atoms with van der Waals surface area (Å²) in [7, 11) is 0. The molecule has 4 heterocycles. The smallest absolute Gasteiger partial charge is 0.179 e. The molecule has 2 N–H and O–H groups in total. The molecule has 3 aromatic rings. The van der Waals surface area contributed by atoms with Crippen molar-refractivity contribution in [1.29, 1.82) is 10.5 Å². The van der Waals surface area contributed by atoms with Gasteiger partial charge >= 0.3 is 0 Å². The largest absolute Gasteiger partial charge is 0.485 e. The Labute approximate surface area is 192 Å². The van der Waals surface area contributed by atoms with Crippen LogP contribution in [0.3, 0.4) is 0 Å². The molecule has 1 fully saturated rings. The van der Waals surface area contributed by atoms with Crippen LogP contribution in [0.1, 0.15) is 36.6 Å². The topological polar surface area (TPSA) is 129 Å². The van der Waals surface area contributed by atoms with Crippen molar-refractivity contribution >= 4 is 16.8 Å². The van der Waals surface area contributed by atoms with Crippen LogP contribution in [0.2, 0.25) is 0 Å². The molecule has 1 aliphatic heterocycles. The van der Waals surface area contributed by atoms with Gasteiger partial charge in [-0.25, -0.2) is 4.52 Å². The van der Waals surface area contributed by atoms with Gasteiger partial charge in [0.2, 0.25) is 0 Å². The van der Waals surface area contributed by atoms with Gasteiger partial charge in [-0.3, -0.25) is 9.98 Å². The summed E-state index contributed by atoms with van der Waals surface area (Å²) in [4.78, 5) is 10.9. The molecule has 166 valence electrons. The Balaban J connectivity index is 1.65. The number of nitrogens with two attached hydrogens (primary N) is 1. The Kier molecular flexibility index (Phi) is 6.51. The minimum atomic E-state index is 0.142. The summed E-state index contributed by atoms with van der Waals surface area (Å²) in [5, 5.41) is 22.9. The molecule has 0 amide bonds. The molecule has 3 aromatic heterocycles. The van der Waals surface area contributed by atoms with Gasteiger partial charge in [0, 0.05) is 48.5 Å². The highest BCUT2D eigenvalue weighted by Gasteiger charge is 2.20. The maximum absolute atomic E-state index is 9.52. The minimum absolute atomic E-state index is 0.142. The van der Waals surface area contributed by atoms with E-state index >= 15 is 0 Å². The Morgan fingerprint density at radius 2 is 2.15 bits per heavy atom. The quantitative estimate of drug-likeness (QED) is 0.461. The summed E-state index contributed by atoms with van der Waals surface area (Å²) in [5.74, 6) is 0.515. The average molecular weight is 441 g/mol. The number of pyridine rings is 2. The molecule has 9 heteroatoms. The number of hydrogen-bond donors (Lipinski definition) is 1. The van der Waals surface area contributed by atoms with Crippen LogP contribution < -0.4 is 10.5 Å². The van der Waals surface area contributed by atoms with Crippen molar-refractivity contribution in [2.75, 3.05) is 13.1 Å². The highest BCUT2D eigenvalue weighted by atomic mass is 16.5. The van der Waals surface area contributed by atoms with Gasteiger partial charge in [-0.2, -0.15) is 15.6 Å². The first kappa shape index (κ1) is 21.8. The molecule has 0 spiro atoms. The highest BCUT2D eigenvalue weighted by Crippen LogP contribution is 2.29. The van der Waals surface area contributed by atoms with Crippen molar-refractivity contribution in [2.45, 2.75) is 32.4 Å². The Hall–Kier alpha value is -4.37. The van der Waals surface area contributed by atoms with Crippen molar-refractivity contribution in [3.63, 3.8) is 0 Å². The maximum atomic E-state index is 9.52. The van der Waals surface area contributed by atoms with Gasteiger partial charge in [-0.05, 0) is 38.0 Å². The van der Waals surface area contributed by atoms with E-state index < -0.39 is 0 Å². The van der Waals surface area contributed by atoms with Crippen molar-refractivity contribution in [2.24, 2.45) is 10.7 Å². The van der Waals surface area contributed by atoms with E-state index in [1.165, 1.54) is 12.4 Å². The predicted molar refractivity (Wildman–Crippen MR) is 124 cm³/mol. The van der Waals surface area contributed by atoms with Gasteiger partial charge in [0.05, 0.1) is 17.9 Å². The minimum Gasteiger partial charge on any atom is -0.485 e. The van der Waals surface area contributed by atoms with E-state index in [-0.39, 0.29) is 12.6 Å². The van der Waals surface area contributed by atoms with Crippen LogP contribution in [0.5, 0.6) is 5.75 Å². The molecule has 4 rings (SSSR count). The SMILES string of the molecule is CC(=NC1CCN(C#N)CC1)/C(=C\N)c1cc(OCc2ccccn2)c2c(C#N)cnn2c1. The number of allylic oxidation sites excluding steroid dienone is 1. The van der Waals surface area contributed by atoms with Crippen LogP contribution in [0, 0.1) is 22.8 Å². The van der Waals surface area contributed by atoms with E-state index in [4.69, 9.17) is 20.7 Å². The van der Waals surface area contributed by atoms with Crippen LogP contribution in [-0.2, 0) is 6.61 Å². The van der Waals surface area contributed by atoms with Gasteiger partial charge in [-0.15, -0.1) is 0 Å². The highest BCUT2D eigenvalue weighted by molar-refractivity contribution is 6.22. The molecule has 0 unspecified atom stereocenters. The lowest BCUT2D eigenvalue weighted by molar-refractivity contribution is 0.297. The molecule has 0 aromatic carbocycles. The van der Waals surface area contributed by atoms with E-state index in [1.807, 2.05) is 37.4 Å². The lowest BCUT2D eigenvalue weighted by Crippen LogP contribution is -2.32. The third-order valence-electron chi connectivity index (χ3n) is 5.65. The number of rotatable bonds is 6. The van der Waals surface area contributed by atoms with E-state index in [9.17, 15) is 5.26 Å². The second-order valence-corrected chi connectivity index (χ2v) is 7.78. The number of hydrogen-bond acceptors (Lipinski definition) is 8. The van der Waals surface area contributed by atoms with E-state index in [0.717, 1.165) is 35.4 Å². The first-order chi connectivity index (χ1) is 16.1. The van der Waals surface area contributed by atoms with Crippen LogP contribution in [-0.4, -0.2) is 44.3 Å². The number of piperidine rings is 1. The van der Waals surface area contributed by atoms with Crippen molar-refractivity contribution in [3.05, 3.63) is 65.9 Å². The number of fused-ring (bicyclic) bond motifs is 1. The second kappa shape index (κ2) is 9.84. The fourth-order valence-electron chi connectivity index (χ4n) is 3.92. The number of aromatic nitrogens is 3. The number of nitriles is 2. The molecular formula is C24H24N8O. The zero-order chi connectivity index (χ0) is 23.2. The Morgan fingerprint density at radius 1 is 1.33 bits per heavy atom. The zero-order valence-electron chi connectivity index (χ0n) is 18.3. The van der Waals surface area contributed by atoms with Crippen LogP contribution in [0.15, 0.2) is 54.0 Å². The van der Waals surface area contributed by atoms with E-state index in [0.29, 0.717) is 29.9 Å². The fraction of sp³-hybridized carbons (Fsp3) is 0.292. The standard InChI is InChI=1S/C24H24N8O/c1-17(30-20-5-8-31(16-27)9-6-20)22(12-26)18-10-23(33-15-21-4-2-3-7-28-21)24-19(11-25)13-29-32(24)14-18/h2-4,7,10,12-14,20H,5-6,8-9,15,26H2,1H3/b22-12+,30-17?. The lowest BCUT2D eigenvalue weighted by atomic mass is 10.0. The van der Waals surface area contributed by atoms with Gasteiger partial charge in [-0.1, -0.05) is 6.07 Å². The fourth-order valence-corrected chi connectivity index (χ4v) is 3.92. The van der Waals surface area contributed by atoms with E-state index in [2.05, 4.69) is 22.3 Å². The first-order valence-corrected chi connectivity index (χ1v) is 10.7. The predicted octanol–water partition coefficient (Wildman–Crippen LogP) is 2.89. The summed E-state index contributed by atoms with van der Waals surface area (Å²) in [6.07, 6.45) is 10.4. The number of aliphatic imine (C=N–C) groups is 1. The summed E-state index contributed by atoms with van der Waals surface area (Å²) < 4.78 is 7.71. The van der Waals surface area contributed by atoms with Crippen LogP contribution in [0.4, 0.5) is 0 Å². The Morgan fingerprint density at radius 3 is 2.82 bits per heavy atom. The van der Waals surface area contributed by atoms with Gasteiger partial charge in [0.1, 0.15) is 29.5 Å². The van der Waals surface area contributed by atoms with Crippen molar-refractivity contribution in [1.82, 2.24) is 19.5 Å². The summed E-state index contributed by atoms with van der Waals surface area (Å²) >= 11 is 0. The van der Waals surface area contributed by atoms with Gasteiger partial charge in [0.15, 0.2) is 6.19 Å². The third kappa shape index (κ3) is 4.78. The molecule has 0 saturated carbocycles. The molecule has 1 aliphatic rings. The molecule has 0 radical (unpaired) electrons. The number of nitrogens with zero attached hydrogens (tertiary/aromatic N) is 7. The molecule has 9 nitrogen and oxygen atoms in total. The number of likely N-dealkylation sites (tertiary alicyclic amines) is 1. The number of ether oxygens (including phenoxy) is 1. The van der Waals surface area contributed by atoms with Gasteiger partial charge in [0.25, 0.3) is 0 Å². The first-order valence-electron chi connectivity index (χ1n) is 10.7. The Bertz CT molecular complexity index is 1270. The summed E-state index contributed by atoms with van der Waals surface area (Å²) in [5.41, 5.74) is 10.1. The lowest BCUT2D eigenvalue weighted by Gasteiger charge is -2.26. The van der Waals surface area contributed by atoms with Crippen molar-refractivity contribution < 1.29 is 4.74 Å². The third-order valence-corrected chi connectivity index (χ3v) is 5.65. The molecule has 0 bridgehead atoms. The maximum Gasteiger partial charge on any atom is 0.179 e. The zero-order valence-corrected chi connectivity index (χ0v) is 18.3. The molecule has 0 aliphatic carbocycles. The average Bonchev–Trinajstić information content (AvgIpc) is 3.27. The molecular weight excluding hydrogens is 416 g/mol. The molecule has 33 heavy (non-hydrogen) atoms. The van der Waals surface area contributed by atoms with Crippen molar-refractivity contribution in [3.8, 4) is 18.0 Å². The van der Waals surface area contributed by atoms with E-state index in [1.54, 1.807) is 15.6 Å². The summed E-state index contributed by atoms with van der Waals surface area (Å²) in [6.45, 7) is 3.60. The summed E-state index contributed by atoms with van der Waals surface area (Å²) in [6, 6.07) is 9.79. The molecule has 0 atom stereocenters. The second-order valence-electron chi connectivity index (χ2n) is 7.78. The monoisotopic (exact) mass is 440 g/mol. The van der Waals surface area contributed by atoms with Crippen LogP contribution in [0.25, 0.3) is 11.1 Å². The van der Waals surface area contributed by atoms with Gasteiger partial charge < -0.3 is 15.4 Å².